The van der Waals surface area contributed by atoms with Crippen molar-refractivity contribution in [2.45, 2.75) is 43.9 Å². The van der Waals surface area contributed by atoms with Crippen molar-refractivity contribution >= 4 is 0 Å². The first-order chi connectivity index (χ1) is 13.0. The number of nitrogens with one attached hydrogen (secondary N) is 2. The molecule has 2 N–H and O–H groups in total. The third-order valence-corrected chi connectivity index (χ3v) is 5.66. The number of hydrogen-bond donors (Lipinski definition) is 2. The van der Waals surface area contributed by atoms with Gasteiger partial charge in [-0.3, -0.25) is 4.98 Å². The van der Waals surface area contributed by atoms with E-state index >= 15 is 0 Å². The second kappa shape index (κ2) is 7.24. The van der Waals surface area contributed by atoms with Gasteiger partial charge in [0.1, 0.15) is 5.69 Å². The van der Waals surface area contributed by atoms with E-state index in [0.29, 0.717) is 23.9 Å². The van der Waals surface area contributed by atoms with Crippen molar-refractivity contribution in [3.8, 4) is 0 Å². The molecule has 2 fully saturated rings. The Morgan fingerprint density at radius 1 is 1.04 bits per heavy atom. The van der Waals surface area contributed by atoms with Gasteiger partial charge in [0.05, 0.1) is 0 Å². The van der Waals surface area contributed by atoms with Crippen LogP contribution in [-0.4, -0.2) is 24.1 Å². The molecular weight excluding hydrogens is 351 g/mol. The first-order valence-corrected chi connectivity index (χ1v) is 9.46. The fourth-order valence-corrected chi connectivity index (χ4v) is 3.60. The fourth-order valence-electron chi connectivity index (χ4n) is 3.60. The Hall–Kier alpha value is -1.92. The molecule has 0 amide bonds. The van der Waals surface area contributed by atoms with Gasteiger partial charge in [0, 0.05) is 37.8 Å². The molecule has 2 atom stereocenters. The maximum atomic E-state index is 12.5. The summed E-state index contributed by atoms with van der Waals surface area (Å²) in [5.74, 6) is 0.633. The van der Waals surface area contributed by atoms with Crippen LogP contribution in [0.2, 0.25) is 0 Å². The van der Waals surface area contributed by atoms with Crippen LogP contribution in [0.5, 0.6) is 0 Å². The molecule has 2 aliphatic carbocycles. The molecule has 0 spiro atoms. The van der Waals surface area contributed by atoms with Gasteiger partial charge in [0.25, 0.3) is 0 Å². The maximum Gasteiger partial charge on any atom is 0.433 e. The lowest BCUT2D eigenvalue weighted by atomic mass is 10.1. The summed E-state index contributed by atoms with van der Waals surface area (Å²) in [4.78, 5) is 3.51. The Morgan fingerprint density at radius 2 is 1.81 bits per heavy atom. The van der Waals surface area contributed by atoms with E-state index in [2.05, 4.69) is 39.9 Å². The van der Waals surface area contributed by atoms with Crippen LogP contribution in [0, 0.1) is 5.41 Å². The maximum absolute atomic E-state index is 12.5. The summed E-state index contributed by atoms with van der Waals surface area (Å²) < 4.78 is 37.6. The minimum atomic E-state index is -4.38. The van der Waals surface area contributed by atoms with Crippen molar-refractivity contribution in [1.82, 2.24) is 15.6 Å². The molecule has 2 unspecified atom stereocenters. The summed E-state index contributed by atoms with van der Waals surface area (Å²) in [6, 6.07) is 13.7. The lowest BCUT2D eigenvalue weighted by Crippen LogP contribution is -2.34. The zero-order valence-electron chi connectivity index (χ0n) is 15.1. The number of aromatic nitrogens is 1. The highest BCUT2D eigenvalue weighted by Gasteiger charge is 2.45. The highest BCUT2D eigenvalue weighted by Crippen LogP contribution is 2.46. The van der Waals surface area contributed by atoms with Crippen molar-refractivity contribution in [3.63, 3.8) is 0 Å². The molecule has 2 saturated carbocycles. The van der Waals surface area contributed by atoms with Crippen LogP contribution < -0.4 is 10.6 Å². The van der Waals surface area contributed by atoms with Gasteiger partial charge in [-0.25, -0.2) is 0 Å². The standard InChI is InChI=1S/C21H24F3N3/c22-21(23,24)19-7-6-15(12-26-19)11-25-13-20(8-9-20)14-27-18-10-17(18)16-4-2-1-3-5-16/h1-7,12,17-18,25,27H,8-11,13-14H2. The number of alkyl halides is 3. The zero-order chi connectivity index (χ0) is 18.9. The lowest BCUT2D eigenvalue weighted by molar-refractivity contribution is -0.141. The zero-order valence-corrected chi connectivity index (χ0v) is 15.1. The van der Waals surface area contributed by atoms with Crippen LogP contribution in [-0.2, 0) is 12.7 Å². The summed E-state index contributed by atoms with van der Waals surface area (Å²) >= 11 is 0. The molecule has 3 nitrogen and oxygen atoms in total. The normalized spacial score (nSPS) is 23.2. The van der Waals surface area contributed by atoms with Crippen molar-refractivity contribution in [1.29, 1.82) is 0 Å². The molecule has 2 aliphatic rings. The fraction of sp³-hybridized carbons (Fsp3) is 0.476. The molecule has 0 bridgehead atoms. The minimum Gasteiger partial charge on any atom is -0.313 e. The Kier molecular flexibility index (Phi) is 4.95. The van der Waals surface area contributed by atoms with Crippen LogP contribution >= 0.6 is 0 Å². The van der Waals surface area contributed by atoms with Gasteiger partial charge < -0.3 is 10.6 Å². The number of nitrogens with zero attached hydrogens (tertiary/aromatic N) is 1. The van der Waals surface area contributed by atoms with Crippen molar-refractivity contribution in [2.24, 2.45) is 5.41 Å². The summed E-state index contributed by atoms with van der Waals surface area (Å²) in [6.07, 6.45) is 0.519. The molecule has 1 heterocycles. The molecule has 2 aromatic rings. The van der Waals surface area contributed by atoms with Crippen LogP contribution in [0.1, 0.15) is 42.0 Å². The smallest absolute Gasteiger partial charge is 0.313 e. The predicted octanol–water partition coefficient (Wildman–Crippen LogP) is 4.12. The van der Waals surface area contributed by atoms with Crippen LogP contribution in [0.25, 0.3) is 0 Å². The van der Waals surface area contributed by atoms with E-state index in [1.54, 1.807) is 0 Å². The number of pyridine rings is 1. The number of benzene rings is 1. The van der Waals surface area contributed by atoms with E-state index in [1.807, 2.05) is 6.07 Å². The van der Waals surface area contributed by atoms with Crippen molar-refractivity contribution in [3.05, 3.63) is 65.5 Å². The first-order valence-electron chi connectivity index (χ1n) is 9.46. The molecular formula is C21H24F3N3. The van der Waals surface area contributed by atoms with E-state index in [0.717, 1.165) is 24.7 Å². The molecule has 0 aliphatic heterocycles. The van der Waals surface area contributed by atoms with Gasteiger partial charge in [0.15, 0.2) is 0 Å². The summed E-state index contributed by atoms with van der Waals surface area (Å²) in [5, 5.41) is 7.09. The Balaban J connectivity index is 1.19. The number of halogens is 3. The number of hydrogen-bond acceptors (Lipinski definition) is 3. The SMILES string of the molecule is FC(F)(F)c1ccc(CNCC2(CNC3CC3c3ccccc3)CC2)cn1. The quantitative estimate of drug-likeness (QED) is 0.729. The van der Waals surface area contributed by atoms with Crippen LogP contribution in [0.4, 0.5) is 13.2 Å². The van der Waals surface area contributed by atoms with Gasteiger partial charge in [0.2, 0.25) is 0 Å². The third kappa shape index (κ3) is 4.68. The van der Waals surface area contributed by atoms with Crippen LogP contribution in [0.3, 0.4) is 0 Å². The minimum absolute atomic E-state index is 0.295. The summed E-state index contributed by atoms with van der Waals surface area (Å²) in [5.41, 5.74) is 1.64. The third-order valence-electron chi connectivity index (χ3n) is 5.66. The van der Waals surface area contributed by atoms with Crippen molar-refractivity contribution < 1.29 is 13.2 Å². The first kappa shape index (κ1) is 18.4. The van der Waals surface area contributed by atoms with Gasteiger partial charge in [-0.1, -0.05) is 36.4 Å². The molecule has 0 saturated heterocycles. The van der Waals surface area contributed by atoms with Crippen molar-refractivity contribution in [2.75, 3.05) is 13.1 Å². The second-order valence-electron chi connectivity index (χ2n) is 7.89. The van der Waals surface area contributed by atoms with E-state index in [4.69, 9.17) is 0 Å². The van der Waals surface area contributed by atoms with E-state index < -0.39 is 11.9 Å². The molecule has 1 aromatic heterocycles. The molecule has 144 valence electrons. The lowest BCUT2D eigenvalue weighted by Gasteiger charge is -2.17. The molecule has 4 rings (SSSR count). The molecule has 6 heteroatoms. The van der Waals surface area contributed by atoms with E-state index in [-0.39, 0.29) is 0 Å². The highest BCUT2D eigenvalue weighted by molar-refractivity contribution is 5.27. The summed E-state index contributed by atoms with van der Waals surface area (Å²) in [6.45, 7) is 2.42. The van der Waals surface area contributed by atoms with E-state index in [1.165, 1.54) is 37.1 Å². The Bertz CT molecular complexity index is 754. The average Bonchev–Trinajstić information content (AvgIpc) is 3.57. The van der Waals surface area contributed by atoms with Gasteiger partial charge in [-0.15, -0.1) is 0 Å². The Morgan fingerprint density at radius 3 is 2.44 bits per heavy atom. The molecule has 1 aromatic carbocycles. The summed E-state index contributed by atoms with van der Waals surface area (Å²) in [7, 11) is 0. The monoisotopic (exact) mass is 375 g/mol. The second-order valence-corrected chi connectivity index (χ2v) is 7.89. The topological polar surface area (TPSA) is 37.0 Å². The predicted molar refractivity (Wildman–Crippen MR) is 98.2 cm³/mol. The van der Waals surface area contributed by atoms with Gasteiger partial charge >= 0.3 is 6.18 Å². The molecule has 0 radical (unpaired) electrons. The average molecular weight is 375 g/mol. The van der Waals surface area contributed by atoms with Crippen LogP contribution in [0.15, 0.2) is 48.7 Å². The van der Waals surface area contributed by atoms with Gasteiger partial charge in [-0.2, -0.15) is 13.2 Å². The highest BCUT2D eigenvalue weighted by atomic mass is 19.4. The van der Waals surface area contributed by atoms with E-state index in [9.17, 15) is 13.2 Å². The van der Waals surface area contributed by atoms with Gasteiger partial charge in [-0.05, 0) is 41.9 Å². The largest absolute Gasteiger partial charge is 0.433 e. The number of rotatable bonds is 8. The molecule has 27 heavy (non-hydrogen) atoms. The Labute approximate surface area is 157 Å².